The van der Waals surface area contributed by atoms with E-state index >= 15 is 0 Å². The van der Waals surface area contributed by atoms with Gasteiger partial charge in [-0.15, -0.1) is 12.4 Å². The number of fused-ring (bicyclic) bond motifs is 1. The van der Waals surface area contributed by atoms with Crippen molar-refractivity contribution in [3.8, 4) is 11.5 Å². The van der Waals surface area contributed by atoms with E-state index in [1.54, 1.807) is 35.6 Å². The first-order valence-corrected chi connectivity index (χ1v) is 12.4. The molecule has 34 heavy (non-hydrogen) atoms. The van der Waals surface area contributed by atoms with Crippen LogP contribution in [-0.2, 0) is 6.54 Å². The molecule has 7 nitrogen and oxygen atoms in total. The Bertz CT molecular complexity index is 1230. The highest BCUT2D eigenvalue weighted by atomic mass is 79.9. The number of nitrogens with zero attached hydrogens (tertiary/aromatic N) is 4. The highest BCUT2D eigenvalue weighted by Gasteiger charge is 2.22. The molecule has 2 aromatic carbocycles. The maximum absolute atomic E-state index is 13.7. The minimum Gasteiger partial charge on any atom is -0.490 e. The Hall–Kier alpha value is -2.62. The average molecular weight is 566 g/mol. The van der Waals surface area contributed by atoms with E-state index in [0.29, 0.717) is 42.0 Å². The summed E-state index contributed by atoms with van der Waals surface area (Å²) in [5, 5.41) is 0.672. The summed E-state index contributed by atoms with van der Waals surface area (Å²) < 4.78 is 15.4. The Morgan fingerprint density at radius 3 is 2.65 bits per heavy atom. The third kappa shape index (κ3) is 6.08. The summed E-state index contributed by atoms with van der Waals surface area (Å²) in [6, 6.07) is 11.3. The second-order valence-electron chi connectivity index (χ2n) is 7.25. The average Bonchev–Trinajstić information content (AvgIpc) is 3.47. The van der Waals surface area contributed by atoms with E-state index in [1.165, 1.54) is 11.3 Å². The van der Waals surface area contributed by atoms with Crippen LogP contribution >= 0.6 is 39.7 Å². The van der Waals surface area contributed by atoms with E-state index in [0.717, 1.165) is 27.7 Å². The number of hydrogen-bond donors (Lipinski definition) is 0. The molecule has 2 heterocycles. The Balaban J connectivity index is 0.00000324. The van der Waals surface area contributed by atoms with Gasteiger partial charge >= 0.3 is 0 Å². The number of aryl methyl sites for hydroxylation is 1. The van der Waals surface area contributed by atoms with Crippen molar-refractivity contribution in [3.05, 3.63) is 65.2 Å². The Morgan fingerprint density at radius 2 is 1.91 bits per heavy atom. The van der Waals surface area contributed by atoms with Crippen LogP contribution in [0.1, 0.15) is 30.6 Å². The Kier molecular flexibility index (Phi) is 9.32. The van der Waals surface area contributed by atoms with Crippen LogP contribution in [0.3, 0.4) is 0 Å². The zero-order valence-corrected chi connectivity index (χ0v) is 22.2. The van der Waals surface area contributed by atoms with E-state index in [1.807, 2.05) is 42.8 Å². The van der Waals surface area contributed by atoms with Gasteiger partial charge < -0.3 is 14.0 Å². The molecular weight excluding hydrogens is 540 g/mol. The number of imidazole rings is 1. The normalized spacial score (nSPS) is 10.7. The van der Waals surface area contributed by atoms with Gasteiger partial charge in [0.1, 0.15) is 0 Å². The molecule has 0 saturated heterocycles. The van der Waals surface area contributed by atoms with Gasteiger partial charge in [0.2, 0.25) is 0 Å². The van der Waals surface area contributed by atoms with Crippen LogP contribution in [0.5, 0.6) is 11.5 Å². The molecule has 0 aliphatic rings. The second-order valence-corrected chi connectivity index (χ2v) is 9.17. The highest BCUT2D eigenvalue weighted by Crippen LogP contribution is 2.33. The molecule has 0 N–H and O–H groups in total. The van der Waals surface area contributed by atoms with Crippen molar-refractivity contribution in [1.82, 2.24) is 14.5 Å². The standard InChI is InChI=1S/C24H25BrN4O3S.ClH/c1-3-31-20-9-6-17(14-21(20)32-4-2)23(30)29(12-5-11-28-13-10-26-16-28)24-27-19-8-7-18(25)15-22(19)33-24;/h6-10,13-16H,3-5,11-12H2,1-2H3;1H. The zero-order chi connectivity index (χ0) is 23.2. The maximum Gasteiger partial charge on any atom is 0.260 e. The minimum atomic E-state index is -0.122. The largest absolute Gasteiger partial charge is 0.490 e. The first-order valence-electron chi connectivity index (χ1n) is 10.8. The van der Waals surface area contributed by atoms with Crippen LogP contribution < -0.4 is 14.4 Å². The van der Waals surface area contributed by atoms with Crippen molar-refractivity contribution in [1.29, 1.82) is 0 Å². The number of rotatable bonds is 10. The Morgan fingerprint density at radius 1 is 1.12 bits per heavy atom. The van der Waals surface area contributed by atoms with Crippen molar-refractivity contribution in [2.24, 2.45) is 0 Å². The predicted octanol–water partition coefficient (Wildman–Crippen LogP) is 6.21. The van der Waals surface area contributed by atoms with Crippen molar-refractivity contribution >= 4 is 60.9 Å². The third-order valence-electron chi connectivity index (χ3n) is 4.96. The van der Waals surface area contributed by atoms with Gasteiger partial charge in [0.25, 0.3) is 5.91 Å². The molecule has 0 aliphatic heterocycles. The summed E-state index contributed by atoms with van der Waals surface area (Å²) >= 11 is 5.02. The molecule has 0 unspecified atom stereocenters. The number of ether oxygens (including phenoxy) is 2. The fourth-order valence-electron chi connectivity index (χ4n) is 3.46. The van der Waals surface area contributed by atoms with Crippen LogP contribution in [0.15, 0.2) is 59.6 Å². The fraction of sp³-hybridized carbons (Fsp3) is 0.292. The first-order chi connectivity index (χ1) is 16.1. The van der Waals surface area contributed by atoms with Crippen molar-refractivity contribution < 1.29 is 14.3 Å². The molecule has 10 heteroatoms. The molecule has 0 radical (unpaired) electrons. The van der Waals surface area contributed by atoms with Gasteiger partial charge in [-0.25, -0.2) is 9.97 Å². The van der Waals surface area contributed by atoms with E-state index in [-0.39, 0.29) is 18.3 Å². The van der Waals surface area contributed by atoms with Crippen molar-refractivity contribution in [2.75, 3.05) is 24.7 Å². The second kappa shape index (κ2) is 12.2. The number of halogens is 2. The predicted molar refractivity (Wildman–Crippen MR) is 142 cm³/mol. The number of carbonyl (C=O) groups excluding carboxylic acids is 1. The van der Waals surface area contributed by atoms with Gasteiger partial charge in [0, 0.05) is 35.5 Å². The molecule has 2 aromatic heterocycles. The van der Waals surface area contributed by atoms with Crippen LogP contribution in [-0.4, -0.2) is 40.2 Å². The van der Waals surface area contributed by atoms with E-state index < -0.39 is 0 Å². The molecular formula is C24H26BrClN4O3S. The summed E-state index contributed by atoms with van der Waals surface area (Å²) in [5.41, 5.74) is 1.40. The number of thiazole rings is 1. The van der Waals surface area contributed by atoms with Gasteiger partial charge in [0.15, 0.2) is 16.6 Å². The topological polar surface area (TPSA) is 69.5 Å². The van der Waals surface area contributed by atoms with Crippen LogP contribution in [0.25, 0.3) is 10.2 Å². The number of hydrogen-bond acceptors (Lipinski definition) is 6. The first kappa shape index (κ1) is 26.0. The lowest BCUT2D eigenvalue weighted by Gasteiger charge is -2.21. The van der Waals surface area contributed by atoms with Gasteiger partial charge in [-0.3, -0.25) is 9.69 Å². The zero-order valence-electron chi connectivity index (χ0n) is 18.9. The number of aromatic nitrogens is 3. The van der Waals surface area contributed by atoms with Crippen molar-refractivity contribution in [3.63, 3.8) is 0 Å². The molecule has 1 amide bonds. The molecule has 0 bridgehead atoms. The maximum atomic E-state index is 13.7. The van der Waals surface area contributed by atoms with E-state index in [2.05, 4.69) is 20.9 Å². The molecule has 0 aliphatic carbocycles. The minimum absolute atomic E-state index is 0. The Labute approximate surface area is 217 Å². The van der Waals surface area contributed by atoms with Crippen LogP contribution in [0.2, 0.25) is 0 Å². The lowest BCUT2D eigenvalue weighted by Crippen LogP contribution is -2.32. The van der Waals surface area contributed by atoms with Gasteiger partial charge in [0.05, 0.1) is 29.8 Å². The van der Waals surface area contributed by atoms with Gasteiger partial charge in [-0.05, 0) is 56.7 Å². The SMILES string of the molecule is CCOc1ccc(C(=O)N(CCCn2ccnc2)c2nc3ccc(Br)cc3s2)cc1OCC.Cl. The number of carbonyl (C=O) groups is 1. The van der Waals surface area contributed by atoms with E-state index in [4.69, 9.17) is 14.5 Å². The number of amides is 1. The van der Waals surface area contributed by atoms with Crippen LogP contribution in [0, 0.1) is 0 Å². The summed E-state index contributed by atoms with van der Waals surface area (Å²) in [6.45, 7) is 6.12. The molecule has 4 rings (SSSR count). The van der Waals surface area contributed by atoms with E-state index in [9.17, 15) is 4.79 Å². The number of benzene rings is 2. The monoisotopic (exact) mass is 564 g/mol. The van der Waals surface area contributed by atoms with Crippen molar-refractivity contribution in [2.45, 2.75) is 26.8 Å². The number of anilines is 1. The summed E-state index contributed by atoms with van der Waals surface area (Å²) in [4.78, 5) is 24.3. The lowest BCUT2D eigenvalue weighted by molar-refractivity contribution is 0.0985. The fourth-order valence-corrected chi connectivity index (χ4v) is 5.00. The molecule has 0 fully saturated rings. The van der Waals surface area contributed by atoms with Gasteiger partial charge in [-0.1, -0.05) is 27.3 Å². The summed E-state index contributed by atoms with van der Waals surface area (Å²) in [6.07, 6.45) is 6.21. The smallest absolute Gasteiger partial charge is 0.260 e. The van der Waals surface area contributed by atoms with Gasteiger partial charge in [-0.2, -0.15) is 0 Å². The third-order valence-corrected chi connectivity index (χ3v) is 6.50. The molecule has 4 aromatic rings. The molecule has 0 saturated carbocycles. The summed E-state index contributed by atoms with van der Waals surface area (Å²) in [5.74, 6) is 1.08. The van der Waals surface area contributed by atoms with Crippen LogP contribution in [0.4, 0.5) is 5.13 Å². The quantitative estimate of drug-likeness (QED) is 0.229. The lowest BCUT2D eigenvalue weighted by atomic mass is 10.1. The molecule has 180 valence electrons. The molecule has 0 atom stereocenters. The highest BCUT2D eigenvalue weighted by molar-refractivity contribution is 9.10. The molecule has 0 spiro atoms. The summed E-state index contributed by atoms with van der Waals surface area (Å²) in [7, 11) is 0.